The lowest BCUT2D eigenvalue weighted by molar-refractivity contribution is 0.0952. The molecule has 2 rings (SSSR count). The van der Waals surface area contributed by atoms with Crippen molar-refractivity contribution in [3.63, 3.8) is 0 Å². The van der Waals surface area contributed by atoms with Gasteiger partial charge in [-0.1, -0.05) is 57.3 Å². The van der Waals surface area contributed by atoms with E-state index in [2.05, 4.69) is 26.5 Å². The average molecular weight is 388 g/mol. The van der Waals surface area contributed by atoms with Gasteiger partial charge in [-0.3, -0.25) is 4.79 Å². The van der Waals surface area contributed by atoms with Crippen molar-refractivity contribution in [3.8, 4) is 5.75 Å². The van der Waals surface area contributed by atoms with Crippen molar-refractivity contribution in [2.75, 3.05) is 0 Å². The third-order valence-electron chi connectivity index (χ3n) is 2.55. The molecule has 0 bridgehead atoms. The highest BCUT2D eigenvalue weighted by atomic mass is 79.9. The summed E-state index contributed by atoms with van der Waals surface area (Å²) in [5.41, 5.74) is 3.06. The number of rotatable bonds is 3. The van der Waals surface area contributed by atoms with E-state index in [1.807, 2.05) is 24.3 Å². The summed E-state index contributed by atoms with van der Waals surface area (Å²) in [7, 11) is 0. The van der Waals surface area contributed by atoms with Crippen LogP contribution in [-0.4, -0.2) is 17.2 Å². The van der Waals surface area contributed by atoms with Crippen LogP contribution in [0.25, 0.3) is 0 Å². The first-order valence-electron chi connectivity index (χ1n) is 5.75. The molecule has 0 aromatic heterocycles. The van der Waals surface area contributed by atoms with Gasteiger partial charge >= 0.3 is 0 Å². The average Bonchev–Trinajstić information content (AvgIpc) is 2.44. The number of nitrogens with zero attached hydrogens (tertiary/aromatic N) is 1. The van der Waals surface area contributed by atoms with Crippen LogP contribution in [0.1, 0.15) is 15.9 Å². The smallest absolute Gasteiger partial charge is 0.275 e. The maximum absolute atomic E-state index is 11.9. The second-order valence-corrected chi connectivity index (χ2v) is 5.70. The van der Waals surface area contributed by atoms with E-state index in [-0.39, 0.29) is 21.4 Å². The van der Waals surface area contributed by atoms with E-state index in [1.54, 1.807) is 0 Å². The SMILES string of the molecule is O=C(N/N=C/c1ccccc1Br)c1cc(Cl)cc(Cl)c1O. The summed E-state index contributed by atoms with van der Waals surface area (Å²) in [6, 6.07) is 10.0. The summed E-state index contributed by atoms with van der Waals surface area (Å²) < 4.78 is 0.844. The van der Waals surface area contributed by atoms with Crippen molar-refractivity contribution in [2.45, 2.75) is 0 Å². The lowest BCUT2D eigenvalue weighted by Crippen LogP contribution is -2.17. The third-order valence-corrected chi connectivity index (χ3v) is 3.78. The molecule has 2 aromatic rings. The number of aromatic hydroxyl groups is 1. The van der Waals surface area contributed by atoms with Crippen LogP contribution in [0.2, 0.25) is 10.0 Å². The highest BCUT2D eigenvalue weighted by molar-refractivity contribution is 9.10. The molecule has 0 aliphatic rings. The fourth-order valence-electron chi connectivity index (χ4n) is 1.54. The fraction of sp³-hybridized carbons (Fsp3) is 0. The topological polar surface area (TPSA) is 61.7 Å². The Morgan fingerprint density at radius 3 is 2.71 bits per heavy atom. The number of nitrogens with one attached hydrogen (secondary N) is 1. The number of halogens is 3. The highest BCUT2D eigenvalue weighted by Crippen LogP contribution is 2.30. The van der Waals surface area contributed by atoms with Crippen LogP contribution in [0.15, 0.2) is 46.0 Å². The van der Waals surface area contributed by atoms with Crippen LogP contribution in [0, 0.1) is 0 Å². The van der Waals surface area contributed by atoms with Gasteiger partial charge in [-0.25, -0.2) is 5.43 Å². The summed E-state index contributed by atoms with van der Waals surface area (Å²) in [6.07, 6.45) is 1.48. The van der Waals surface area contributed by atoms with Gasteiger partial charge in [0.05, 0.1) is 16.8 Å². The lowest BCUT2D eigenvalue weighted by Gasteiger charge is -2.05. The largest absolute Gasteiger partial charge is 0.506 e. The monoisotopic (exact) mass is 386 g/mol. The van der Waals surface area contributed by atoms with Gasteiger partial charge in [-0.15, -0.1) is 0 Å². The molecule has 0 unspecified atom stereocenters. The molecule has 0 saturated heterocycles. The van der Waals surface area contributed by atoms with E-state index in [0.29, 0.717) is 0 Å². The molecule has 0 radical (unpaired) electrons. The molecule has 108 valence electrons. The summed E-state index contributed by atoms with van der Waals surface area (Å²) in [4.78, 5) is 11.9. The third kappa shape index (κ3) is 3.97. The number of hydrazone groups is 1. The molecular formula is C14H9BrCl2N2O2. The summed E-state index contributed by atoms with van der Waals surface area (Å²) in [6.45, 7) is 0. The van der Waals surface area contributed by atoms with Gasteiger partial charge in [-0.05, 0) is 18.2 Å². The van der Waals surface area contributed by atoms with Gasteiger partial charge in [-0.2, -0.15) is 5.10 Å². The lowest BCUT2D eigenvalue weighted by atomic mass is 10.2. The van der Waals surface area contributed by atoms with E-state index in [1.165, 1.54) is 18.3 Å². The summed E-state index contributed by atoms with van der Waals surface area (Å²) in [5, 5.41) is 13.8. The molecular weight excluding hydrogens is 379 g/mol. The molecule has 21 heavy (non-hydrogen) atoms. The van der Waals surface area contributed by atoms with Crippen molar-refractivity contribution in [1.29, 1.82) is 0 Å². The normalized spacial score (nSPS) is 10.8. The minimum atomic E-state index is -0.611. The Bertz CT molecular complexity index is 720. The number of carbonyl (C=O) groups is 1. The molecule has 0 atom stereocenters. The van der Waals surface area contributed by atoms with Gasteiger partial charge in [0.15, 0.2) is 0 Å². The van der Waals surface area contributed by atoms with E-state index in [0.717, 1.165) is 10.0 Å². The van der Waals surface area contributed by atoms with Crippen molar-refractivity contribution < 1.29 is 9.90 Å². The van der Waals surface area contributed by atoms with E-state index in [4.69, 9.17) is 23.2 Å². The van der Waals surface area contributed by atoms with Crippen LogP contribution in [0.5, 0.6) is 5.75 Å². The maximum Gasteiger partial charge on any atom is 0.275 e. The number of hydrogen-bond donors (Lipinski definition) is 2. The van der Waals surface area contributed by atoms with Gasteiger partial charge in [0, 0.05) is 15.1 Å². The predicted molar refractivity (Wildman–Crippen MR) is 87.3 cm³/mol. The first kappa shape index (κ1) is 15.8. The molecule has 1 amide bonds. The minimum absolute atomic E-state index is 0.00225. The molecule has 0 saturated carbocycles. The highest BCUT2D eigenvalue weighted by Gasteiger charge is 2.14. The summed E-state index contributed by atoms with van der Waals surface area (Å²) >= 11 is 14.9. The van der Waals surface area contributed by atoms with Crippen LogP contribution in [-0.2, 0) is 0 Å². The Balaban J connectivity index is 2.14. The first-order chi connectivity index (χ1) is 9.99. The molecule has 7 heteroatoms. The van der Waals surface area contributed by atoms with Crippen LogP contribution in [0.4, 0.5) is 0 Å². The molecule has 4 nitrogen and oxygen atoms in total. The van der Waals surface area contributed by atoms with Gasteiger partial charge in [0.1, 0.15) is 5.75 Å². The second kappa shape index (κ2) is 6.93. The Morgan fingerprint density at radius 2 is 2.00 bits per heavy atom. The van der Waals surface area contributed by atoms with Crippen molar-refractivity contribution in [1.82, 2.24) is 5.43 Å². The van der Waals surface area contributed by atoms with Gasteiger partial charge < -0.3 is 5.11 Å². The van der Waals surface area contributed by atoms with Crippen molar-refractivity contribution >= 4 is 51.3 Å². The van der Waals surface area contributed by atoms with E-state index in [9.17, 15) is 9.90 Å². The molecule has 0 aliphatic carbocycles. The zero-order valence-electron chi connectivity index (χ0n) is 10.5. The molecule has 0 spiro atoms. The molecule has 0 fully saturated rings. The maximum atomic E-state index is 11.9. The number of hydrogen-bond acceptors (Lipinski definition) is 3. The Labute approximate surface area is 139 Å². The van der Waals surface area contributed by atoms with Gasteiger partial charge in [0.25, 0.3) is 5.91 Å². The number of benzene rings is 2. The quantitative estimate of drug-likeness (QED) is 0.611. The van der Waals surface area contributed by atoms with Crippen LogP contribution < -0.4 is 5.43 Å². The first-order valence-corrected chi connectivity index (χ1v) is 7.30. The number of amides is 1. The molecule has 0 aliphatic heterocycles. The van der Waals surface area contributed by atoms with Crippen molar-refractivity contribution in [3.05, 3.63) is 62.0 Å². The molecule has 2 N–H and O–H groups in total. The van der Waals surface area contributed by atoms with E-state index < -0.39 is 5.91 Å². The summed E-state index contributed by atoms with van der Waals surface area (Å²) in [5.74, 6) is -0.949. The molecule has 0 heterocycles. The fourth-order valence-corrected chi connectivity index (χ4v) is 2.42. The van der Waals surface area contributed by atoms with Crippen LogP contribution >= 0.6 is 39.1 Å². The Hall–Kier alpha value is -1.56. The van der Waals surface area contributed by atoms with Gasteiger partial charge in [0.2, 0.25) is 0 Å². The number of carbonyl (C=O) groups excluding carboxylic acids is 1. The second-order valence-electron chi connectivity index (χ2n) is 4.00. The molecule has 2 aromatic carbocycles. The number of phenolic OH excluding ortho intramolecular Hbond substituents is 1. The minimum Gasteiger partial charge on any atom is -0.506 e. The van der Waals surface area contributed by atoms with Crippen molar-refractivity contribution in [2.24, 2.45) is 5.10 Å². The number of phenols is 1. The Morgan fingerprint density at radius 1 is 1.29 bits per heavy atom. The predicted octanol–water partition coefficient (Wildman–Crippen LogP) is 4.23. The standard InChI is InChI=1S/C14H9BrCl2N2O2/c15-11-4-2-1-3-8(11)7-18-19-14(21)10-5-9(16)6-12(17)13(10)20/h1-7,20H,(H,19,21)/b18-7+. The Kier molecular flexibility index (Phi) is 5.22. The zero-order chi connectivity index (χ0) is 15.4. The zero-order valence-corrected chi connectivity index (χ0v) is 13.6. The van der Waals surface area contributed by atoms with Crippen LogP contribution in [0.3, 0.4) is 0 Å². The van der Waals surface area contributed by atoms with E-state index >= 15 is 0 Å².